The van der Waals surface area contributed by atoms with E-state index in [4.69, 9.17) is 50.4 Å². The maximum Gasteiger partial charge on any atom is 1.00 e. The molecule has 0 heterocycles. The van der Waals surface area contributed by atoms with Crippen LogP contribution in [0.3, 0.4) is 0 Å². The molecule has 0 spiro atoms. The summed E-state index contributed by atoms with van der Waals surface area (Å²) in [6, 6.07) is 0. The van der Waals surface area contributed by atoms with Crippen LogP contribution in [0.5, 0.6) is 0 Å². The van der Waals surface area contributed by atoms with Crippen LogP contribution in [0.15, 0.2) is 0 Å². The molecule has 0 bridgehead atoms. The first-order valence-corrected chi connectivity index (χ1v) is 5.80. The fraction of sp³-hybridized carbons (Fsp3) is 1.00. The molecule has 0 aliphatic rings. The minimum Gasteiger partial charge on any atom is -0.759 e. The fourth-order valence-corrected chi connectivity index (χ4v) is 0.0577. The zero-order valence-electron chi connectivity index (χ0n) is 9.49. The summed E-state index contributed by atoms with van der Waals surface area (Å²) in [5.74, 6) is 0. The summed E-state index contributed by atoms with van der Waals surface area (Å²) < 4.78 is 65.7. The van der Waals surface area contributed by atoms with Gasteiger partial charge in [-0.25, -0.2) is 0 Å². The average molecular weight is 332 g/mol. The molecule has 11 nitrogen and oxygen atoms in total. The maximum atomic E-state index is 8.74. The van der Waals surface area contributed by atoms with E-state index in [1.54, 1.807) is 0 Å². The first kappa shape index (κ1) is 31.8. The van der Waals surface area contributed by atoms with Gasteiger partial charge >= 0.3 is 69.5 Å². The summed E-state index contributed by atoms with van der Waals surface area (Å²) in [5, 5.41) is 24.0. The van der Waals surface area contributed by atoms with E-state index in [1.807, 2.05) is 0 Å². The molecule has 0 aliphatic heterocycles. The standard InChI is InChI=1S/C3H8O3.2Na.2H2O4S/c4-1-3(6)2-5;;;2*1-5(2,3)4/h3-6H,1-2H2;;;2*(H2,1,2,3,4)/q;2*+1;;/p-2. The molecule has 0 unspecified atom stereocenters. The van der Waals surface area contributed by atoms with E-state index in [9.17, 15) is 0 Å². The Labute approximate surface area is 148 Å². The van der Waals surface area contributed by atoms with E-state index in [1.165, 1.54) is 0 Å². The van der Waals surface area contributed by atoms with Gasteiger partial charge in [-0.15, -0.1) is 0 Å². The minimum atomic E-state index is -5.17. The predicted octanol–water partition coefficient (Wildman–Crippen LogP) is -9.65. The number of aliphatic hydroxyl groups excluding tert-OH is 3. The second-order valence-electron chi connectivity index (χ2n) is 1.88. The van der Waals surface area contributed by atoms with Crippen molar-refractivity contribution in [1.29, 1.82) is 0 Å². The third-order valence-electron chi connectivity index (χ3n) is 0.421. The van der Waals surface area contributed by atoms with E-state index in [-0.39, 0.29) is 72.3 Å². The molecule has 0 amide bonds. The van der Waals surface area contributed by atoms with Gasteiger partial charge in [0, 0.05) is 10.4 Å². The monoisotopic (exact) mass is 332 g/mol. The second-order valence-corrected chi connectivity index (χ2v) is 3.59. The molecular weight excluding hydrogens is 322 g/mol. The Bertz CT molecular complexity index is 285. The van der Waals surface area contributed by atoms with Gasteiger partial charge in [0.1, 0.15) is 6.10 Å². The van der Waals surface area contributed by atoms with Crippen LogP contribution in [0, 0.1) is 0 Å². The second kappa shape index (κ2) is 16.7. The Morgan fingerprint density at radius 2 is 1.00 bits per heavy atom. The zero-order chi connectivity index (χ0) is 14.0. The van der Waals surface area contributed by atoms with Crippen molar-refractivity contribution in [2.45, 2.75) is 6.10 Å². The molecule has 5 N–H and O–H groups in total. The van der Waals surface area contributed by atoms with Crippen LogP contribution < -0.4 is 59.1 Å². The van der Waals surface area contributed by atoms with Gasteiger partial charge in [0.2, 0.25) is 0 Å². The van der Waals surface area contributed by atoms with Crippen LogP contribution in [-0.2, 0) is 20.8 Å². The van der Waals surface area contributed by atoms with E-state index >= 15 is 0 Å². The van der Waals surface area contributed by atoms with Gasteiger partial charge in [0.05, 0.1) is 13.2 Å². The van der Waals surface area contributed by atoms with Crippen molar-refractivity contribution in [2.75, 3.05) is 13.2 Å². The van der Waals surface area contributed by atoms with Gasteiger partial charge in [0.15, 0.2) is 0 Å². The van der Waals surface area contributed by atoms with Crippen molar-refractivity contribution in [1.82, 2.24) is 0 Å². The van der Waals surface area contributed by atoms with E-state index in [2.05, 4.69) is 0 Å². The van der Waals surface area contributed by atoms with Crippen molar-refractivity contribution >= 4 is 20.8 Å². The molecule has 0 radical (unpaired) electrons. The van der Waals surface area contributed by atoms with Crippen LogP contribution in [0.4, 0.5) is 0 Å². The SMILES string of the molecule is O=S(=O)(O)O.O=S(=O)([O-])[O-].OCC(O)CO.[Na+].[Na+]. The summed E-state index contributed by atoms with van der Waals surface area (Å²) >= 11 is 0. The van der Waals surface area contributed by atoms with Gasteiger partial charge in [-0.2, -0.15) is 8.42 Å². The van der Waals surface area contributed by atoms with E-state index in [0.717, 1.165) is 0 Å². The quantitative estimate of drug-likeness (QED) is 0.182. The molecule has 0 saturated heterocycles. The molecule has 102 valence electrons. The summed E-state index contributed by atoms with van der Waals surface area (Å²) in [6.07, 6.45) is -0.954. The van der Waals surface area contributed by atoms with Crippen molar-refractivity contribution in [3.8, 4) is 0 Å². The first-order chi connectivity index (χ1) is 6.81. The summed E-state index contributed by atoms with van der Waals surface area (Å²) in [7, 11) is -9.83. The van der Waals surface area contributed by atoms with Crippen LogP contribution in [0.25, 0.3) is 0 Å². The maximum absolute atomic E-state index is 8.74. The number of aliphatic hydroxyl groups is 3. The van der Waals surface area contributed by atoms with Crippen LogP contribution in [0.2, 0.25) is 0 Å². The van der Waals surface area contributed by atoms with Crippen molar-refractivity contribution < 1.29 is 109 Å². The zero-order valence-corrected chi connectivity index (χ0v) is 15.1. The molecule has 0 aromatic rings. The molecule has 0 aromatic heterocycles. The molecule has 18 heavy (non-hydrogen) atoms. The van der Waals surface area contributed by atoms with Gasteiger partial charge in [0.25, 0.3) is 0 Å². The van der Waals surface area contributed by atoms with E-state index in [0.29, 0.717) is 0 Å². The van der Waals surface area contributed by atoms with Crippen molar-refractivity contribution in [3.63, 3.8) is 0 Å². The molecule has 0 aliphatic carbocycles. The fourth-order valence-electron chi connectivity index (χ4n) is 0.0577. The van der Waals surface area contributed by atoms with Gasteiger partial charge in [-0.05, 0) is 0 Å². The molecule has 0 fully saturated rings. The Kier molecular flexibility index (Phi) is 29.5. The van der Waals surface area contributed by atoms with Crippen molar-refractivity contribution in [2.24, 2.45) is 0 Å². The topological polar surface area (TPSA) is 216 Å². The number of rotatable bonds is 2. The largest absolute Gasteiger partial charge is 1.00 e. The van der Waals surface area contributed by atoms with Crippen LogP contribution >= 0.6 is 0 Å². The third kappa shape index (κ3) is 154. The number of hydrogen-bond acceptors (Lipinski definition) is 9. The normalized spacial score (nSPS) is 9.78. The Morgan fingerprint density at radius 1 is 0.889 bits per heavy atom. The van der Waals surface area contributed by atoms with Crippen LogP contribution in [-0.4, -0.2) is 69.7 Å². The predicted molar refractivity (Wildman–Crippen MR) is 44.8 cm³/mol. The third-order valence-corrected chi connectivity index (χ3v) is 0.421. The Balaban J connectivity index is -0.0000000447. The Morgan fingerprint density at radius 3 is 1.00 bits per heavy atom. The summed E-state index contributed by atoms with van der Waals surface area (Å²) in [5.41, 5.74) is 0. The average Bonchev–Trinajstić information content (AvgIpc) is 1.96. The van der Waals surface area contributed by atoms with E-state index < -0.39 is 26.9 Å². The summed E-state index contributed by atoms with van der Waals surface area (Å²) in [6.45, 7) is -0.729. The molecule has 0 rings (SSSR count). The molecule has 0 atom stereocenters. The molecule has 15 heteroatoms. The smallest absolute Gasteiger partial charge is 0.759 e. The molecule has 0 saturated carbocycles. The molecule has 0 aromatic carbocycles. The summed E-state index contributed by atoms with van der Waals surface area (Å²) in [4.78, 5) is 0. The van der Waals surface area contributed by atoms with Crippen molar-refractivity contribution in [3.05, 3.63) is 0 Å². The number of hydrogen-bond donors (Lipinski definition) is 5. The first-order valence-electron chi connectivity index (χ1n) is 3.07. The van der Waals surface area contributed by atoms with Gasteiger partial charge < -0.3 is 24.4 Å². The minimum absolute atomic E-state index is 0. The Hall–Kier alpha value is 1.62. The van der Waals surface area contributed by atoms with Gasteiger partial charge in [-0.1, -0.05) is 0 Å². The van der Waals surface area contributed by atoms with Crippen LogP contribution in [0.1, 0.15) is 0 Å². The van der Waals surface area contributed by atoms with Gasteiger partial charge in [-0.3, -0.25) is 17.5 Å². The molecular formula is C3H10Na2O11S2.